The van der Waals surface area contributed by atoms with Crippen molar-refractivity contribution in [3.05, 3.63) is 12.2 Å². The Morgan fingerprint density at radius 1 is 0.673 bits per heavy atom. The maximum absolute atomic E-state index is 12.9. The van der Waals surface area contributed by atoms with Crippen LogP contribution in [0.5, 0.6) is 0 Å². The van der Waals surface area contributed by atoms with Gasteiger partial charge in [0.2, 0.25) is 5.91 Å². The number of unbranched alkanes of at least 4 members (excludes halogenated alkanes) is 21. The van der Waals surface area contributed by atoms with Crippen LogP contribution < -0.4 is 5.32 Å². The van der Waals surface area contributed by atoms with Gasteiger partial charge in [0.05, 0.1) is 25.4 Å². The molecule has 0 bridgehead atoms. The lowest BCUT2D eigenvalue weighted by atomic mass is 9.99. The summed E-state index contributed by atoms with van der Waals surface area (Å²) in [5, 5.41) is 54.1. The molecule has 0 saturated carbocycles. The van der Waals surface area contributed by atoms with Crippen molar-refractivity contribution in [2.45, 2.75) is 224 Å². The summed E-state index contributed by atoms with van der Waals surface area (Å²) in [7, 11) is 0. The van der Waals surface area contributed by atoms with E-state index in [9.17, 15) is 30.3 Å². The Balaban J connectivity index is 2.40. The quantitative estimate of drug-likeness (QED) is 0.0307. The first-order chi connectivity index (χ1) is 23.8. The molecule has 9 heteroatoms. The molecular formula is C40H77NO8. The highest BCUT2D eigenvalue weighted by atomic mass is 16.7. The Morgan fingerprint density at radius 2 is 1.14 bits per heavy atom. The van der Waals surface area contributed by atoms with Gasteiger partial charge in [-0.25, -0.2) is 0 Å². The molecule has 1 heterocycles. The van der Waals surface area contributed by atoms with Gasteiger partial charge in [-0.1, -0.05) is 148 Å². The first-order valence-corrected chi connectivity index (χ1v) is 20.4. The zero-order valence-electron chi connectivity index (χ0n) is 31.5. The van der Waals surface area contributed by atoms with E-state index in [2.05, 4.69) is 31.3 Å². The molecule has 1 aliphatic heterocycles. The van der Waals surface area contributed by atoms with Crippen LogP contribution in [0.25, 0.3) is 0 Å². The summed E-state index contributed by atoms with van der Waals surface area (Å²) in [5.41, 5.74) is 0. The van der Waals surface area contributed by atoms with E-state index in [0.717, 1.165) is 51.4 Å². The summed E-state index contributed by atoms with van der Waals surface area (Å²) >= 11 is 0. The number of ether oxygens (including phenoxy) is 2. The molecule has 0 spiro atoms. The first-order valence-electron chi connectivity index (χ1n) is 20.4. The van der Waals surface area contributed by atoms with Crippen molar-refractivity contribution >= 4 is 5.91 Å². The Bertz CT molecular complexity index is 781. The first kappa shape index (κ1) is 46.0. The van der Waals surface area contributed by atoms with Gasteiger partial charge in [-0.15, -0.1) is 0 Å². The smallest absolute Gasteiger partial charge is 0.220 e. The third-order valence-electron chi connectivity index (χ3n) is 9.87. The van der Waals surface area contributed by atoms with E-state index in [-0.39, 0.29) is 12.5 Å². The van der Waals surface area contributed by atoms with Crippen molar-refractivity contribution in [2.75, 3.05) is 13.2 Å². The van der Waals surface area contributed by atoms with Crippen LogP contribution in [0.2, 0.25) is 0 Å². The average molecular weight is 700 g/mol. The van der Waals surface area contributed by atoms with Crippen molar-refractivity contribution in [1.82, 2.24) is 5.32 Å². The predicted octanol–water partition coefficient (Wildman–Crippen LogP) is 7.39. The van der Waals surface area contributed by atoms with Crippen LogP contribution in [-0.2, 0) is 14.3 Å². The number of hydrogen-bond donors (Lipinski definition) is 6. The number of rotatable bonds is 33. The number of allylic oxidation sites excluding steroid dienone is 2. The number of amides is 1. The molecule has 1 saturated heterocycles. The minimum absolute atomic E-state index is 0.139. The number of carbonyl (C=O) groups excluding carboxylic acids is 1. The van der Waals surface area contributed by atoms with E-state index in [1.54, 1.807) is 0 Å². The van der Waals surface area contributed by atoms with Gasteiger partial charge in [0.1, 0.15) is 24.4 Å². The SMILES string of the molecule is CCCCCCC/C=C\CCCCCCCC(=O)NC(COC1OC(CO)C(O)C(O)C1O)C(O)CCCCCCCCCCCCCC. The number of aliphatic hydroxyl groups excluding tert-OH is 5. The molecule has 0 aromatic rings. The van der Waals surface area contributed by atoms with Crippen molar-refractivity contribution in [3.8, 4) is 0 Å². The second-order valence-electron chi connectivity index (χ2n) is 14.4. The lowest BCUT2D eigenvalue weighted by molar-refractivity contribution is -0.302. The van der Waals surface area contributed by atoms with Crippen LogP contribution in [-0.4, -0.2) is 87.5 Å². The summed E-state index contributed by atoms with van der Waals surface area (Å²) in [6.45, 7) is 3.79. The summed E-state index contributed by atoms with van der Waals surface area (Å²) in [6.07, 6.45) is 26.4. The van der Waals surface area contributed by atoms with E-state index >= 15 is 0 Å². The highest BCUT2D eigenvalue weighted by Gasteiger charge is 2.44. The maximum Gasteiger partial charge on any atom is 0.220 e. The third-order valence-corrected chi connectivity index (χ3v) is 9.87. The van der Waals surface area contributed by atoms with E-state index in [0.29, 0.717) is 12.8 Å². The Labute approximate surface area is 299 Å². The molecule has 6 N–H and O–H groups in total. The van der Waals surface area contributed by atoms with E-state index in [1.807, 2.05) is 0 Å². The van der Waals surface area contributed by atoms with Gasteiger partial charge in [-0.05, 0) is 38.5 Å². The highest BCUT2D eigenvalue weighted by molar-refractivity contribution is 5.76. The van der Waals surface area contributed by atoms with Crippen LogP contribution in [0.3, 0.4) is 0 Å². The second kappa shape index (κ2) is 31.6. The van der Waals surface area contributed by atoms with Crippen molar-refractivity contribution in [3.63, 3.8) is 0 Å². The van der Waals surface area contributed by atoms with Gasteiger partial charge in [-0.2, -0.15) is 0 Å². The monoisotopic (exact) mass is 700 g/mol. The Hall–Kier alpha value is -1.07. The van der Waals surface area contributed by atoms with Crippen molar-refractivity contribution < 1.29 is 39.8 Å². The second-order valence-corrected chi connectivity index (χ2v) is 14.4. The molecule has 7 atom stereocenters. The zero-order valence-corrected chi connectivity index (χ0v) is 31.5. The van der Waals surface area contributed by atoms with E-state index in [4.69, 9.17) is 9.47 Å². The number of hydrogen-bond acceptors (Lipinski definition) is 8. The number of nitrogens with one attached hydrogen (secondary N) is 1. The predicted molar refractivity (Wildman–Crippen MR) is 198 cm³/mol. The summed E-state index contributed by atoms with van der Waals surface area (Å²) in [5.74, 6) is -0.155. The molecule has 0 radical (unpaired) electrons. The highest BCUT2D eigenvalue weighted by Crippen LogP contribution is 2.23. The molecule has 1 fully saturated rings. The molecular weight excluding hydrogens is 622 g/mol. The fourth-order valence-electron chi connectivity index (χ4n) is 6.51. The van der Waals surface area contributed by atoms with Gasteiger partial charge < -0.3 is 40.3 Å². The lowest BCUT2D eigenvalue weighted by Gasteiger charge is -2.40. The molecule has 9 nitrogen and oxygen atoms in total. The van der Waals surface area contributed by atoms with Gasteiger partial charge in [0, 0.05) is 6.42 Å². The van der Waals surface area contributed by atoms with Crippen molar-refractivity contribution in [2.24, 2.45) is 0 Å². The molecule has 0 aromatic heterocycles. The summed E-state index contributed by atoms with van der Waals surface area (Å²) in [4.78, 5) is 12.9. The van der Waals surface area contributed by atoms with Crippen molar-refractivity contribution in [1.29, 1.82) is 0 Å². The Morgan fingerprint density at radius 3 is 1.65 bits per heavy atom. The summed E-state index contributed by atoms with van der Waals surface area (Å²) < 4.78 is 11.2. The molecule has 49 heavy (non-hydrogen) atoms. The Kier molecular flexibility index (Phi) is 29.7. The van der Waals surface area contributed by atoms with Gasteiger partial charge in [-0.3, -0.25) is 4.79 Å². The van der Waals surface area contributed by atoms with E-state index in [1.165, 1.54) is 103 Å². The van der Waals surface area contributed by atoms with Gasteiger partial charge in [0.15, 0.2) is 6.29 Å². The number of aliphatic hydroxyl groups is 5. The van der Waals surface area contributed by atoms with E-state index < -0.39 is 49.5 Å². The summed E-state index contributed by atoms with van der Waals surface area (Å²) in [6, 6.07) is -0.717. The van der Waals surface area contributed by atoms with Gasteiger partial charge in [0.25, 0.3) is 0 Å². The van der Waals surface area contributed by atoms with Gasteiger partial charge >= 0.3 is 0 Å². The zero-order chi connectivity index (χ0) is 36.0. The van der Waals surface area contributed by atoms with Crippen LogP contribution in [0.1, 0.15) is 181 Å². The fraction of sp³-hybridized carbons (Fsp3) is 0.925. The molecule has 1 aliphatic rings. The lowest BCUT2D eigenvalue weighted by Crippen LogP contribution is -2.60. The topological polar surface area (TPSA) is 149 Å². The van der Waals surface area contributed by atoms with Crippen LogP contribution in [0.15, 0.2) is 12.2 Å². The largest absolute Gasteiger partial charge is 0.394 e. The maximum atomic E-state index is 12.9. The minimum Gasteiger partial charge on any atom is -0.394 e. The van der Waals surface area contributed by atoms with Crippen LogP contribution in [0, 0.1) is 0 Å². The standard InChI is InChI=1S/C40H77NO8/c1-3-5-7-9-11-13-15-17-18-20-22-24-26-28-30-36(44)41-33(32-48-40-39(47)38(46)37(45)35(31-42)49-40)34(43)29-27-25-23-21-19-16-14-12-10-8-6-4-2/h15,17,33-35,37-40,42-43,45-47H,3-14,16,18-32H2,1-2H3,(H,41,44)/b17-15-. The molecule has 1 rings (SSSR count). The molecule has 0 aromatic carbocycles. The van der Waals surface area contributed by atoms with Crippen LogP contribution >= 0.6 is 0 Å². The molecule has 0 aliphatic carbocycles. The molecule has 7 unspecified atom stereocenters. The van der Waals surface area contributed by atoms with Crippen LogP contribution in [0.4, 0.5) is 0 Å². The fourth-order valence-corrected chi connectivity index (χ4v) is 6.51. The minimum atomic E-state index is -1.55. The number of carbonyl (C=O) groups is 1. The normalized spacial score (nSPS) is 22.5. The molecule has 1 amide bonds. The third kappa shape index (κ3) is 23.2. The molecule has 290 valence electrons. The average Bonchev–Trinajstić information content (AvgIpc) is 3.10.